The van der Waals surface area contributed by atoms with Crippen LogP contribution in [0, 0.1) is 6.92 Å². The van der Waals surface area contributed by atoms with Gasteiger partial charge in [0.2, 0.25) is 5.91 Å². The highest BCUT2D eigenvalue weighted by atomic mass is 16.1. The second-order valence-corrected chi connectivity index (χ2v) is 7.24. The van der Waals surface area contributed by atoms with Crippen molar-refractivity contribution >= 4 is 11.6 Å². The minimum absolute atomic E-state index is 0.101. The number of amides is 1. The van der Waals surface area contributed by atoms with E-state index in [0.717, 1.165) is 58.5 Å². The fourth-order valence-electron chi connectivity index (χ4n) is 3.19. The van der Waals surface area contributed by atoms with Crippen LogP contribution in [0.15, 0.2) is 24.3 Å². The molecule has 0 aliphatic carbocycles. The van der Waals surface area contributed by atoms with E-state index in [-0.39, 0.29) is 11.9 Å². The number of nitrogens with two attached hydrogens (primary N) is 1. The van der Waals surface area contributed by atoms with E-state index in [1.807, 2.05) is 6.92 Å². The van der Waals surface area contributed by atoms with E-state index in [1.54, 1.807) is 0 Å². The minimum atomic E-state index is 0.101. The summed E-state index contributed by atoms with van der Waals surface area (Å²) in [5.74, 6) is 0.129. The Bertz CT molecular complexity index is 524. The summed E-state index contributed by atoms with van der Waals surface area (Å²) in [6.45, 7) is 10.4. The number of rotatable bonds is 9. The molecule has 5 heteroatoms. The highest BCUT2D eigenvalue weighted by Crippen LogP contribution is 2.17. The van der Waals surface area contributed by atoms with Crippen LogP contribution in [0.1, 0.15) is 38.2 Å². The number of aryl methyl sites for hydroxylation is 1. The lowest BCUT2D eigenvalue weighted by molar-refractivity contribution is -0.121. The number of hydrogen-bond acceptors (Lipinski definition) is 4. The van der Waals surface area contributed by atoms with Crippen molar-refractivity contribution in [3.05, 3.63) is 29.8 Å². The molecule has 1 aromatic rings. The highest BCUT2D eigenvalue weighted by Gasteiger charge is 2.16. The van der Waals surface area contributed by atoms with Crippen LogP contribution in [-0.4, -0.2) is 56.1 Å². The van der Waals surface area contributed by atoms with Gasteiger partial charge in [0, 0.05) is 50.9 Å². The maximum Gasteiger partial charge on any atom is 0.220 e. The Morgan fingerprint density at radius 3 is 2.68 bits per heavy atom. The molecule has 0 bridgehead atoms. The summed E-state index contributed by atoms with van der Waals surface area (Å²) < 4.78 is 0. The molecule has 5 nitrogen and oxygen atoms in total. The third-order valence-electron chi connectivity index (χ3n) is 4.79. The number of nitrogens with one attached hydrogen (secondary N) is 1. The molecule has 0 radical (unpaired) electrons. The monoisotopic (exact) mass is 346 g/mol. The summed E-state index contributed by atoms with van der Waals surface area (Å²) in [6, 6.07) is 8.86. The second kappa shape index (κ2) is 10.4. The molecule has 1 unspecified atom stereocenters. The molecule has 2 rings (SSSR count). The van der Waals surface area contributed by atoms with Gasteiger partial charge in [0.25, 0.3) is 0 Å². The number of carbonyl (C=O) groups is 1. The molecule has 0 saturated carbocycles. The van der Waals surface area contributed by atoms with Crippen LogP contribution in [0.4, 0.5) is 5.69 Å². The summed E-state index contributed by atoms with van der Waals surface area (Å²) in [7, 11) is 0. The molecule has 1 aliphatic rings. The standard InChI is InChI=1S/C20H34N4O/c1-17-6-5-7-19(16-17)24-14-12-23(13-15-24)11-4-3-10-22-20(25)9-8-18(2)21/h5-7,16,18H,3-4,8-15,21H2,1-2H3,(H,22,25). The van der Waals surface area contributed by atoms with Gasteiger partial charge in [-0.15, -0.1) is 0 Å². The molecule has 140 valence electrons. The SMILES string of the molecule is Cc1cccc(N2CCN(CCCCNC(=O)CCC(C)N)CC2)c1. The Kier molecular flexibility index (Phi) is 8.22. The highest BCUT2D eigenvalue weighted by molar-refractivity contribution is 5.75. The molecule has 1 saturated heterocycles. The summed E-state index contributed by atoms with van der Waals surface area (Å²) in [5.41, 5.74) is 8.33. The van der Waals surface area contributed by atoms with Crippen molar-refractivity contribution in [2.24, 2.45) is 5.73 Å². The van der Waals surface area contributed by atoms with Crippen LogP contribution in [0.5, 0.6) is 0 Å². The number of piperazine rings is 1. The lowest BCUT2D eigenvalue weighted by Crippen LogP contribution is -2.46. The van der Waals surface area contributed by atoms with Crippen molar-refractivity contribution in [3.63, 3.8) is 0 Å². The van der Waals surface area contributed by atoms with E-state index in [9.17, 15) is 4.79 Å². The molecule has 1 aliphatic heterocycles. The van der Waals surface area contributed by atoms with Gasteiger partial charge in [0.05, 0.1) is 0 Å². The van der Waals surface area contributed by atoms with E-state index in [2.05, 4.69) is 46.3 Å². The molecule has 1 amide bonds. The lowest BCUT2D eigenvalue weighted by atomic mass is 10.2. The summed E-state index contributed by atoms with van der Waals surface area (Å²) in [4.78, 5) is 16.6. The zero-order valence-corrected chi connectivity index (χ0v) is 15.8. The topological polar surface area (TPSA) is 61.6 Å². The number of anilines is 1. The average Bonchev–Trinajstić information content (AvgIpc) is 2.60. The first-order chi connectivity index (χ1) is 12.0. The second-order valence-electron chi connectivity index (χ2n) is 7.24. The molecule has 3 N–H and O–H groups in total. The molecular weight excluding hydrogens is 312 g/mol. The van der Waals surface area contributed by atoms with E-state index < -0.39 is 0 Å². The van der Waals surface area contributed by atoms with Gasteiger partial charge in [-0.3, -0.25) is 9.69 Å². The van der Waals surface area contributed by atoms with E-state index in [4.69, 9.17) is 5.73 Å². The first-order valence-electron chi connectivity index (χ1n) is 9.61. The maximum absolute atomic E-state index is 11.6. The third-order valence-corrected chi connectivity index (χ3v) is 4.79. The first-order valence-corrected chi connectivity index (χ1v) is 9.61. The van der Waals surface area contributed by atoms with Crippen LogP contribution in [-0.2, 0) is 4.79 Å². The minimum Gasteiger partial charge on any atom is -0.369 e. The lowest BCUT2D eigenvalue weighted by Gasteiger charge is -2.36. The van der Waals surface area contributed by atoms with Crippen LogP contribution in [0.3, 0.4) is 0 Å². The van der Waals surface area contributed by atoms with Crippen molar-refractivity contribution in [2.45, 2.75) is 45.6 Å². The Hall–Kier alpha value is -1.59. The van der Waals surface area contributed by atoms with Gasteiger partial charge < -0.3 is 16.0 Å². The molecular formula is C20H34N4O. The number of hydrogen-bond donors (Lipinski definition) is 2. The quantitative estimate of drug-likeness (QED) is 0.673. The zero-order valence-electron chi connectivity index (χ0n) is 15.8. The fourth-order valence-corrected chi connectivity index (χ4v) is 3.19. The fraction of sp³-hybridized carbons (Fsp3) is 0.650. The molecule has 1 atom stereocenters. The molecule has 0 spiro atoms. The molecule has 1 fully saturated rings. The Morgan fingerprint density at radius 1 is 1.24 bits per heavy atom. The number of benzene rings is 1. The number of carbonyl (C=O) groups excluding carboxylic acids is 1. The van der Waals surface area contributed by atoms with Gasteiger partial charge in [-0.2, -0.15) is 0 Å². The van der Waals surface area contributed by atoms with E-state index >= 15 is 0 Å². The van der Waals surface area contributed by atoms with Gasteiger partial charge in [-0.25, -0.2) is 0 Å². The summed E-state index contributed by atoms with van der Waals surface area (Å²) >= 11 is 0. The van der Waals surface area contributed by atoms with Gasteiger partial charge in [-0.05, 0) is 57.4 Å². The van der Waals surface area contributed by atoms with Crippen molar-refractivity contribution < 1.29 is 4.79 Å². The predicted molar refractivity (Wildman–Crippen MR) is 105 cm³/mol. The van der Waals surface area contributed by atoms with Gasteiger partial charge in [0.1, 0.15) is 0 Å². The van der Waals surface area contributed by atoms with Crippen molar-refractivity contribution in [2.75, 3.05) is 44.2 Å². The smallest absolute Gasteiger partial charge is 0.220 e. The van der Waals surface area contributed by atoms with E-state index in [1.165, 1.54) is 11.3 Å². The Balaban J connectivity index is 1.55. The first kappa shape index (κ1) is 19.7. The maximum atomic E-state index is 11.6. The number of unbranched alkanes of at least 4 members (excludes halogenated alkanes) is 1. The third kappa shape index (κ3) is 7.45. The molecule has 1 heterocycles. The average molecular weight is 347 g/mol. The molecule has 25 heavy (non-hydrogen) atoms. The normalized spacial score (nSPS) is 16.7. The van der Waals surface area contributed by atoms with Gasteiger partial charge in [-0.1, -0.05) is 12.1 Å². The molecule has 1 aromatic carbocycles. The van der Waals surface area contributed by atoms with Crippen molar-refractivity contribution in [1.82, 2.24) is 10.2 Å². The molecule has 0 aromatic heterocycles. The van der Waals surface area contributed by atoms with Crippen molar-refractivity contribution in [3.8, 4) is 0 Å². The zero-order chi connectivity index (χ0) is 18.1. The van der Waals surface area contributed by atoms with Crippen LogP contribution in [0.25, 0.3) is 0 Å². The van der Waals surface area contributed by atoms with Gasteiger partial charge >= 0.3 is 0 Å². The van der Waals surface area contributed by atoms with E-state index in [0.29, 0.717) is 6.42 Å². The van der Waals surface area contributed by atoms with Crippen molar-refractivity contribution in [1.29, 1.82) is 0 Å². The van der Waals surface area contributed by atoms with Crippen LogP contribution in [0.2, 0.25) is 0 Å². The van der Waals surface area contributed by atoms with Gasteiger partial charge in [0.15, 0.2) is 0 Å². The Morgan fingerprint density at radius 2 is 2.00 bits per heavy atom. The summed E-state index contributed by atoms with van der Waals surface area (Å²) in [6.07, 6.45) is 3.48. The number of nitrogens with zero attached hydrogens (tertiary/aromatic N) is 2. The summed E-state index contributed by atoms with van der Waals surface area (Å²) in [5, 5.41) is 2.99. The van der Waals surface area contributed by atoms with Crippen LogP contribution < -0.4 is 16.0 Å². The predicted octanol–water partition coefficient (Wildman–Crippen LogP) is 2.14. The largest absolute Gasteiger partial charge is 0.369 e. The van der Waals surface area contributed by atoms with Crippen LogP contribution >= 0.6 is 0 Å². The Labute approximate surface area is 152 Å².